The molecule has 19 heavy (non-hydrogen) atoms. The number of hydrogen-bond acceptors (Lipinski definition) is 5. The molecule has 0 amide bonds. The van der Waals surface area contributed by atoms with E-state index in [0.29, 0.717) is 24.6 Å². The van der Waals surface area contributed by atoms with Crippen LogP contribution in [0.1, 0.15) is 12.6 Å². The van der Waals surface area contributed by atoms with Gasteiger partial charge < -0.3 is 10.0 Å². The number of anilines is 1. The molecule has 8 heteroatoms. The van der Waals surface area contributed by atoms with Crippen molar-refractivity contribution in [1.29, 1.82) is 0 Å². The highest BCUT2D eigenvalue weighted by atomic mass is 16.6. The highest BCUT2D eigenvalue weighted by Gasteiger charge is 2.39. The van der Waals surface area contributed by atoms with Crippen LogP contribution < -0.4 is 4.90 Å². The van der Waals surface area contributed by atoms with Crippen molar-refractivity contribution in [3.05, 3.63) is 15.8 Å². The molecule has 1 N–H and O–H groups in total. The Hall–Kier alpha value is -2.12. The van der Waals surface area contributed by atoms with E-state index in [2.05, 4.69) is 5.10 Å². The highest BCUT2D eigenvalue weighted by molar-refractivity contribution is 5.71. The van der Waals surface area contributed by atoms with Crippen LogP contribution in [0.25, 0.3) is 0 Å². The lowest BCUT2D eigenvalue weighted by Crippen LogP contribution is -2.51. The number of nitrogens with zero attached hydrogens (tertiary/aromatic N) is 4. The van der Waals surface area contributed by atoms with E-state index < -0.39 is 16.8 Å². The summed E-state index contributed by atoms with van der Waals surface area (Å²) in [6.07, 6.45) is 0. The van der Waals surface area contributed by atoms with Crippen molar-refractivity contribution in [3.8, 4) is 0 Å². The van der Waals surface area contributed by atoms with Crippen molar-refractivity contribution in [1.82, 2.24) is 9.78 Å². The summed E-state index contributed by atoms with van der Waals surface area (Å²) >= 11 is 0. The summed E-state index contributed by atoms with van der Waals surface area (Å²) in [5, 5.41) is 24.0. The average Bonchev–Trinajstić information content (AvgIpc) is 2.51. The molecule has 0 bridgehead atoms. The monoisotopic (exact) mass is 268 g/mol. The largest absolute Gasteiger partial charge is 0.481 e. The van der Waals surface area contributed by atoms with E-state index in [-0.39, 0.29) is 11.6 Å². The standard InChI is InChI=1S/C11H16N4O4/c1-6(11(16)17)8-4-14(5-8)10-9(15(18)19)7(2)12-13(10)3/h6,8H,4-5H2,1-3H3,(H,16,17). The number of aromatic nitrogens is 2. The number of carboxylic acid groups (broad SMARTS) is 1. The first-order chi connectivity index (χ1) is 8.82. The number of aliphatic carboxylic acids is 1. The smallest absolute Gasteiger partial charge is 0.333 e. The molecule has 1 saturated heterocycles. The predicted octanol–water partition coefficient (Wildman–Crippen LogP) is 0.794. The quantitative estimate of drug-likeness (QED) is 0.640. The Morgan fingerprint density at radius 3 is 2.63 bits per heavy atom. The molecular formula is C11H16N4O4. The molecule has 1 aromatic heterocycles. The molecule has 1 aliphatic heterocycles. The minimum Gasteiger partial charge on any atom is -0.481 e. The van der Waals surface area contributed by atoms with Crippen LogP contribution in [-0.4, -0.2) is 38.9 Å². The summed E-state index contributed by atoms with van der Waals surface area (Å²) in [5.74, 6) is -0.798. The van der Waals surface area contributed by atoms with Crippen LogP contribution in [0.5, 0.6) is 0 Å². The molecule has 0 aliphatic carbocycles. The molecule has 2 rings (SSSR count). The molecule has 1 aliphatic rings. The van der Waals surface area contributed by atoms with E-state index >= 15 is 0 Å². The second-order valence-electron chi connectivity index (χ2n) is 4.93. The SMILES string of the molecule is Cc1nn(C)c(N2CC(C(C)C(=O)O)C2)c1[N+](=O)[O-]. The van der Waals surface area contributed by atoms with Crippen molar-refractivity contribution in [2.45, 2.75) is 13.8 Å². The maximum Gasteiger partial charge on any atom is 0.333 e. The summed E-state index contributed by atoms with van der Waals surface area (Å²) in [6, 6.07) is 0. The van der Waals surface area contributed by atoms with Gasteiger partial charge in [-0.1, -0.05) is 6.92 Å². The fourth-order valence-electron chi connectivity index (χ4n) is 2.41. The van der Waals surface area contributed by atoms with E-state index in [9.17, 15) is 14.9 Å². The maximum atomic E-state index is 11.1. The predicted molar refractivity (Wildman–Crippen MR) is 67.1 cm³/mol. The van der Waals surface area contributed by atoms with Crippen LogP contribution in [0, 0.1) is 28.9 Å². The van der Waals surface area contributed by atoms with Crippen LogP contribution in [0.3, 0.4) is 0 Å². The topological polar surface area (TPSA) is 102 Å². The number of nitro groups is 1. The van der Waals surface area contributed by atoms with Crippen molar-refractivity contribution < 1.29 is 14.8 Å². The van der Waals surface area contributed by atoms with E-state index in [1.54, 1.807) is 20.9 Å². The van der Waals surface area contributed by atoms with Crippen molar-refractivity contribution in [2.24, 2.45) is 18.9 Å². The van der Waals surface area contributed by atoms with Gasteiger partial charge in [0.1, 0.15) is 5.69 Å². The van der Waals surface area contributed by atoms with Crippen LogP contribution in [0.2, 0.25) is 0 Å². The van der Waals surface area contributed by atoms with Crippen molar-refractivity contribution >= 4 is 17.5 Å². The van der Waals surface area contributed by atoms with Gasteiger partial charge in [-0.05, 0) is 6.92 Å². The summed E-state index contributed by atoms with van der Waals surface area (Å²) in [5.41, 5.74) is 0.376. The number of carboxylic acids is 1. The van der Waals surface area contributed by atoms with Crippen LogP contribution >= 0.6 is 0 Å². The van der Waals surface area contributed by atoms with E-state index in [4.69, 9.17) is 5.11 Å². The van der Waals surface area contributed by atoms with Crippen molar-refractivity contribution in [2.75, 3.05) is 18.0 Å². The minimum atomic E-state index is -0.833. The molecular weight excluding hydrogens is 252 g/mol. The fourth-order valence-corrected chi connectivity index (χ4v) is 2.41. The number of aryl methyl sites for hydroxylation is 2. The summed E-state index contributed by atoms with van der Waals surface area (Å²) < 4.78 is 1.48. The molecule has 0 spiro atoms. The molecule has 0 aromatic carbocycles. The van der Waals surface area contributed by atoms with Gasteiger partial charge >= 0.3 is 11.7 Å². The Balaban J connectivity index is 2.18. The minimum absolute atomic E-state index is 0.00364. The lowest BCUT2D eigenvalue weighted by Gasteiger charge is -2.41. The highest BCUT2D eigenvalue weighted by Crippen LogP contribution is 2.36. The second kappa shape index (κ2) is 4.52. The molecule has 1 atom stereocenters. The fraction of sp³-hybridized carbons (Fsp3) is 0.636. The Bertz CT molecular complexity index is 533. The van der Waals surface area contributed by atoms with Crippen molar-refractivity contribution in [3.63, 3.8) is 0 Å². The molecule has 8 nitrogen and oxygen atoms in total. The first-order valence-corrected chi connectivity index (χ1v) is 5.98. The zero-order chi connectivity index (χ0) is 14.3. The maximum absolute atomic E-state index is 11.1. The van der Waals surface area contributed by atoms with Gasteiger partial charge in [0.15, 0.2) is 0 Å². The molecule has 1 unspecified atom stereocenters. The van der Waals surface area contributed by atoms with Gasteiger partial charge in [-0.2, -0.15) is 5.10 Å². The third kappa shape index (κ3) is 2.13. The van der Waals surface area contributed by atoms with Crippen LogP contribution in [0.15, 0.2) is 0 Å². The zero-order valence-electron chi connectivity index (χ0n) is 11.0. The number of rotatable bonds is 4. The second-order valence-corrected chi connectivity index (χ2v) is 4.93. The zero-order valence-corrected chi connectivity index (χ0v) is 11.0. The van der Waals surface area contributed by atoms with Gasteiger partial charge in [-0.3, -0.25) is 14.9 Å². The van der Waals surface area contributed by atoms with Crippen LogP contribution in [0.4, 0.5) is 11.5 Å². The summed E-state index contributed by atoms with van der Waals surface area (Å²) in [6.45, 7) is 4.27. The Kier molecular flexibility index (Phi) is 3.17. The molecule has 0 radical (unpaired) electrons. The molecule has 0 saturated carbocycles. The Morgan fingerprint density at radius 2 is 2.16 bits per heavy atom. The molecule has 2 heterocycles. The number of hydrogen-bond donors (Lipinski definition) is 1. The Morgan fingerprint density at radius 1 is 1.58 bits per heavy atom. The lowest BCUT2D eigenvalue weighted by molar-refractivity contribution is -0.384. The normalized spacial score (nSPS) is 17.1. The third-order valence-electron chi connectivity index (χ3n) is 3.65. The summed E-state index contributed by atoms with van der Waals surface area (Å²) in [7, 11) is 1.66. The third-order valence-corrected chi connectivity index (χ3v) is 3.65. The van der Waals surface area contributed by atoms with Gasteiger partial charge in [0.2, 0.25) is 5.82 Å². The molecule has 1 aromatic rings. The Labute approximate surface area is 109 Å². The summed E-state index contributed by atoms with van der Waals surface area (Å²) in [4.78, 5) is 23.3. The van der Waals surface area contributed by atoms with E-state index in [1.807, 2.05) is 4.90 Å². The first-order valence-electron chi connectivity index (χ1n) is 5.98. The average molecular weight is 268 g/mol. The van der Waals surface area contributed by atoms with E-state index in [0.717, 1.165) is 0 Å². The molecule has 1 fully saturated rings. The van der Waals surface area contributed by atoms with Gasteiger partial charge in [-0.15, -0.1) is 0 Å². The molecule has 104 valence electrons. The van der Waals surface area contributed by atoms with Gasteiger partial charge in [0, 0.05) is 26.1 Å². The number of carbonyl (C=O) groups is 1. The van der Waals surface area contributed by atoms with Gasteiger partial charge in [0.05, 0.1) is 10.8 Å². The lowest BCUT2D eigenvalue weighted by atomic mass is 9.87. The van der Waals surface area contributed by atoms with Gasteiger partial charge in [0.25, 0.3) is 0 Å². The van der Waals surface area contributed by atoms with Crippen LogP contribution in [-0.2, 0) is 11.8 Å². The first kappa shape index (κ1) is 13.3. The van der Waals surface area contributed by atoms with E-state index in [1.165, 1.54) is 4.68 Å². The van der Waals surface area contributed by atoms with Gasteiger partial charge in [-0.25, -0.2) is 4.68 Å².